The molecule has 0 aromatic heterocycles. The molecule has 0 amide bonds. The number of hydrogen-bond donors (Lipinski definition) is 1. The molecule has 0 bridgehead atoms. The lowest BCUT2D eigenvalue weighted by molar-refractivity contribution is -0.274. The Bertz CT molecular complexity index is 497. The van der Waals surface area contributed by atoms with Gasteiger partial charge in [0, 0.05) is 11.9 Å². The van der Waals surface area contributed by atoms with Crippen molar-refractivity contribution in [2.24, 2.45) is 5.92 Å². The summed E-state index contributed by atoms with van der Waals surface area (Å²) in [6, 6.07) is 6.13. The van der Waals surface area contributed by atoms with Crippen LogP contribution in [0.4, 0.5) is 18.9 Å². The summed E-state index contributed by atoms with van der Waals surface area (Å²) in [5, 5.41) is 3.18. The maximum Gasteiger partial charge on any atom is 0.573 e. The third-order valence-corrected chi connectivity index (χ3v) is 2.82. The second kappa shape index (κ2) is 5.64. The Balaban J connectivity index is 2.19. The van der Waals surface area contributed by atoms with E-state index in [2.05, 4.69) is 23.9 Å². The van der Waals surface area contributed by atoms with Gasteiger partial charge in [0.05, 0.1) is 12.4 Å². The van der Waals surface area contributed by atoms with E-state index in [1.807, 2.05) is 6.20 Å². The second-order valence-corrected chi connectivity index (χ2v) is 5.07. The van der Waals surface area contributed by atoms with Crippen LogP contribution in [0.15, 0.2) is 36.2 Å². The van der Waals surface area contributed by atoms with Gasteiger partial charge in [-0.1, -0.05) is 26.0 Å². The van der Waals surface area contributed by atoms with Crippen molar-refractivity contribution in [3.05, 3.63) is 36.2 Å². The molecule has 0 spiro atoms. The zero-order chi connectivity index (χ0) is 14.8. The van der Waals surface area contributed by atoms with E-state index < -0.39 is 6.36 Å². The highest BCUT2D eigenvalue weighted by molar-refractivity contribution is 5.61. The molecule has 1 aliphatic rings. The van der Waals surface area contributed by atoms with Crippen LogP contribution < -0.4 is 15.0 Å². The van der Waals surface area contributed by atoms with Crippen molar-refractivity contribution >= 4 is 5.69 Å². The fourth-order valence-corrected chi connectivity index (χ4v) is 2.09. The van der Waals surface area contributed by atoms with Gasteiger partial charge in [-0.3, -0.25) is 0 Å². The molecule has 0 atom stereocenters. The molecular formula is C14H17F3N2O. The van der Waals surface area contributed by atoms with E-state index in [-0.39, 0.29) is 5.75 Å². The number of alkyl halides is 3. The second-order valence-electron chi connectivity index (χ2n) is 5.07. The van der Waals surface area contributed by atoms with Crippen molar-refractivity contribution < 1.29 is 17.9 Å². The van der Waals surface area contributed by atoms with Crippen LogP contribution in [0.1, 0.15) is 20.3 Å². The molecule has 1 aliphatic heterocycles. The van der Waals surface area contributed by atoms with Crippen molar-refractivity contribution in [3.63, 3.8) is 0 Å². The zero-order valence-electron chi connectivity index (χ0n) is 11.4. The molecule has 0 unspecified atom stereocenters. The van der Waals surface area contributed by atoms with Crippen LogP contribution in [0.25, 0.3) is 0 Å². The smallest absolute Gasteiger partial charge is 0.404 e. The van der Waals surface area contributed by atoms with Gasteiger partial charge in [-0.25, -0.2) is 0 Å². The molecule has 1 aromatic carbocycles. The van der Waals surface area contributed by atoms with Gasteiger partial charge < -0.3 is 15.0 Å². The van der Waals surface area contributed by atoms with E-state index in [1.165, 1.54) is 12.1 Å². The highest BCUT2D eigenvalue weighted by atomic mass is 19.4. The Morgan fingerprint density at radius 1 is 1.30 bits per heavy atom. The quantitative estimate of drug-likeness (QED) is 0.910. The fourth-order valence-electron chi connectivity index (χ4n) is 2.09. The molecule has 0 saturated heterocycles. The average molecular weight is 286 g/mol. The first-order valence-electron chi connectivity index (χ1n) is 6.41. The molecule has 0 saturated carbocycles. The number of nitrogens with zero attached hydrogens (tertiary/aromatic N) is 1. The molecule has 1 heterocycles. The summed E-state index contributed by atoms with van der Waals surface area (Å²) in [5.41, 5.74) is 1.41. The van der Waals surface area contributed by atoms with Gasteiger partial charge in [0.1, 0.15) is 0 Å². The number of para-hydroxylation sites is 2. The van der Waals surface area contributed by atoms with Crippen LogP contribution >= 0.6 is 0 Å². The zero-order valence-corrected chi connectivity index (χ0v) is 11.4. The predicted octanol–water partition coefficient (Wildman–Crippen LogP) is 3.84. The number of halogens is 3. The standard InChI is InChI=1S/C14H17F3N2O/c1-10(2)7-11-8-19(9-18-11)12-5-3-4-6-13(12)20-14(15,16)17/h3-6,8,10,18H,7,9H2,1-2H3. The van der Waals surface area contributed by atoms with Crippen molar-refractivity contribution in [2.75, 3.05) is 11.6 Å². The molecule has 20 heavy (non-hydrogen) atoms. The molecule has 0 fully saturated rings. The van der Waals surface area contributed by atoms with Crippen LogP contribution in [0.3, 0.4) is 0 Å². The summed E-state index contributed by atoms with van der Waals surface area (Å²) in [7, 11) is 0. The minimum Gasteiger partial charge on any atom is -0.404 e. The first-order valence-corrected chi connectivity index (χ1v) is 6.41. The molecule has 0 radical (unpaired) electrons. The van der Waals surface area contributed by atoms with Gasteiger partial charge in [-0.05, 0) is 24.5 Å². The Kier molecular flexibility index (Phi) is 4.11. The van der Waals surface area contributed by atoms with E-state index in [0.29, 0.717) is 18.3 Å². The summed E-state index contributed by atoms with van der Waals surface area (Å²) in [6.45, 7) is 4.62. The van der Waals surface area contributed by atoms with E-state index >= 15 is 0 Å². The predicted molar refractivity (Wildman–Crippen MR) is 71.1 cm³/mol. The van der Waals surface area contributed by atoms with E-state index in [0.717, 1.165) is 12.1 Å². The highest BCUT2D eigenvalue weighted by Crippen LogP contribution is 2.34. The van der Waals surface area contributed by atoms with Crippen LogP contribution in [0.2, 0.25) is 0 Å². The van der Waals surface area contributed by atoms with Crippen molar-refractivity contribution in [3.8, 4) is 5.75 Å². The van der Waals surface area contributed by atoms with Gasteiger partial charge in [-0.2, -0.15) is 0 Å². The Labute approximate surface area is 116 Å². The summed E-state index contributed by atoms with van der Waals surface area (Å²) in [6.07, 6.45) is -1.99. The number of anilines is 1. The SMILES string of the molecule is CC(C)CC1=CN(c2ccccc2OC(F)(F)F)CN1. The molecule has 6 heteroatoms. The van der Waals surface area contributed by atoms with Crippen LogP contribution in [0.5, 0.6) is 5.75 Å². The number of rotatable bonds is 4. The fraction of sp³-hybridized carbons (Fsp3) is 0.429. The molecule has 110 valence electrons. The van der Waals surface area contributed by atoms with Gasteiger partial charge in [-0.15, -0.1) is 13.2 Å². The maximum absolute atomic E-state index is 12.4. The third kappa shape index (κ3) is 3.82. The minimum absolute atomic E-state index is 0.191. The van der Waals surface area contributed by atoms with Crippen LogP contribution in [-0.2, 0) is 0 Å². The normalized spacial score (nSPS) is 15.3. The van der Waals surface area contributed by atoms with Gasteiger partial charge >= 0.3 is 6.36 Å². The molecule has 1 N–H and O–H groups in total. The number of nitrogens with one attached hydrogen (secondary N) is 1. The van der Waals surface area contributed by atoms with E-state index in [1.54, 1.807) is 17.0 Å². The lowest BCUT2D eigenvalue weighted by Crippen LogP contribution is -2.23. The summed E-state index contributed by atoms with van der Waals surface area (Å²) in [5.74, 6) is 0.291. The number of benzene rings is 1. The van der Waals surface area contributed by atoms with Gasteiger partial charge in [0.2, 0.25) is 0 Å². The van der Waals surface area contributed by atoms with E-state index in [9.17, 15) is 13.2 Å². The number of hydrogen-bond acceptors (Lipinski definition) is 3. The third-order valence-electron chi connectivity index (χ3n) is 2.82. The minimum atomic E-state index is -4.69. The first kappa shape index (κ1) is 14.6. The Morgan fingerprint density at radius 3 is 2.65 bits per heavy atom. The molecular weight excluding hydrogens is 269 g/mol. The first-order chi connectivity index (χ1) is 9.35. The average Bonchev–Trinajstić information content (AvgIpc) is 2.75. The maximum atomic E-state index is 12.4. The van der Waals surface area contributed by atoms with Gasteiger partial charge in [0.25, 0.3) is 0 Å². The molecule has 3 nitrogen and oxygen atoms in total. The molecule has 2 rings (SSSR count). The van der Waals surface area contributed by atoms with Crippen molar-refractivity contribution in [1.82, 2.24) is 5.32 Å². The van der Waals surface area contributed by atoms with Gasteiger partial charge in [0.15, 0.2) is 5.75 Å². The lowest BCUT2D eigenvalue weighted by Gasteiger charge is -2.19. The number of ether oxygens (including phenoxy) is 1. The number of allylic oxidation sites excluding steroid dienone is 1. The van der Waals surface area contributed by atoms with E-state index in [4.69, 9.17) is 0 Å². The molecule has 1 aromatic rings. The lowest BCUT2D eigenvalue weighted by atomic mass is 10.1. The Hall–Kier alpha value is -1.85. The largest absolute Gasteiger partial charge is 0.573 e. The monoisotopic (exact) mass is 286 g/mol. The summed E-state index contributed by atoms with van der Waals surface area (Å²) in [4.78, 5) is 1.72. The van der Waals surface area contributed by atoms with Crippen molar-refractivity contribution in [1.29, 1.82) is 0 Å². The Morgan fingerprint density at radius 2 is 2.00 bits per heavy atom. The highest BCUT2D eigenvalue weighted by Gasteiger charge is 2.32. The van der Waals surface area contributed by atoms with Crippen molar-refractivity contribution in [2.45, 2.75) is 26.6 Å². The molecule has 0 aliphatic carbocycles. The van der Waals surface area contributed by atoms with Crippen LogP contribution in [-0.4, -0.2) is 13.0 Å². The van der Waals surface area contributed by atoms with Crippen LogP contribution in [0, 0.1) is 5.92 Å². The topological polar surface area (TPSA) is 24.5 Å². The summed E-state index contributed by atoms with van der Waals surface area (Å²) < 4.78 is 41.2. The summed E-state index contributed by atoms with van der Waals surface area (Å²) >= 11 is 0.